The van der Waals surface area contributed by atoms with E-state index in [2.05, 4.69) is 11.8 Å². The van der Waals surface area contributed by atoms with E-state index in [4.69, 9.17) is 15.2 Å². The van der Waals surface area contributed by atoms with Gasteiger partial charge in [0.2, 0.25) is 0 Å². The van der Waals surface area contributed by atoms with E-state index in [1.165, 1.54) is 0 Å². The Morgan fingerprint density at radius 1 is 1.45 bits per heavy atom. The van der Waals surface area contributed by atoms with Crippen molar-refractivity contribution in [2.45, 2.75) is 51.6 Å². The van der Waals surface area contributed by atoms with Crippen LogP contribution in [0.2, 0.25) is 0 Å². The first-order chi connectivity index (χ1) is 9.40. The van der Waals surface area contributed by atoms with Crippen LogP contribution in [0.5, 0.6) is 0 Å². The molecule has 1 aliphatic heterocycles. The first-order valence-corrected chi connectivity index (χ1v) is 7.59. The fourth-order valence-corrected chi connectivity index (χ4v) is 2.92. The topological polar surface area (TPSA) is 64.8 Å². The van der Waals surface area contributed by atoms with E-state index in [1.54, 1.807) is 21.0 Å². The molecule has 1 fully saturated rings. The van der Waals surface area contributed by atoms with Crippen LogP contribution < -0.4 is 5.73 Å². The number of methoxy groups -OCH3 is 1. The molecule has 0 aromatic rings. The summed E-state index contributed by atoms with van der Waals surface area (Å²) in [6.45, 7) is 9.03. The van der Waals surface area contributed by atoms with Crippen molar-refractivity contribution in [3.63, 3.8) is 0 Å². The summed E-state index contributed by atoms with van der Waals surface area (Å²) >= 11 is 0. The van der Waals surface area contributed by atoms with E-state index in [-0.39, 0.29) is 12.0 Å². The molecule has 1 rings (SSSR count). The molecule has 5 heteroatoms. The number of nitrogens with zero attached hydrogens (tertiary/aromatic N) is 1. The third-order valence-corrected chi connectivity index (χ3v) is 4.14. The zero-order valence-electron chi connectivity index (χ0n) is 13.4. The molecule has 2 unspecified atom stereocenters. The molecule has 0 saturated carbocycles. The number of likely N-dealkylation sites (tertiary alicyclic amines) is 1. The van der Waals surface area contributed by atoms with Crippen molar-refractivity contribution in [1.29, 1.82) is 0 Å². The van der Waals surface area contributed by atoms with E-state index in [0.717, 1.165) is 32.5 Å². The standard InChI is InChI=1S/C15H30N2O3/c1-5-20-14(18)15(3,16)10-12(2)17-8-6-13(7-9-17)11-19-4/h12-13H,5-11,16H2,1-4H3. The van der Waals surface area contributed by atoms with E-state index < -0.39 is 5.54 Å². The summed E-state index contributed by atoms with van der Waals surface area (Å²) in [6, 6.07) is 0.290. The molecule has 118 valence electrons. The summed E-state index contributed by atoms with van der Waals surface area (Å²) in [5.74, 6) is 0.360. The van der Waals surface area contributed by atoms with E-state index >= 15 is 0 Å². The molecule has 0 spiro atoms. The van der Waals surface area contributed by atoms with Gasteiger partial charge in [0.25, 0.3) is 0 Å². The van der Waals surface area contributed by atoms with Gasteiger partial charge in [-0.2, -0.15) is 0 Å². The molecule has 1 saturated heterocycles. The van der Waals surface area contributed by atoms with Crippen molar-refractivity contribution >= 4 is 5.97 Å². The van der Waals surface area contributed by atoms with Crippen LogP contribution in [0.3, 0.4) is 0 Å². The van der Waals surface area contributed by atoms with Crippen molar-refractivity contribution in [2.75, 3.05) is 33.4 Å². The summed E-state index contributed by atoms with van der Waals surface area (Å²) in [6.07, 6.45) is 2.93. The molecule has 1 heterocycles. The summed E-state index contributed by atoms with van der Waals surface area (Å²) in [5, 5.41) is 0. The van der Waals surface area contributed by atoms with E-state index in [1.807, 2.05) is 0 Å². The van der Waals surface area contributed by atoms with Crippen LogP contribution >= 0.6 is 0 Å². The molecule has 0 amide bonds. The van der Waals surface area contributed by atoms with E-state index in [9.17, 15) is 4.79 Å². The molecular weight excluding hydrogens is 256 g/mol. The Morgan fingerprint density at radius 2 is 2.05 bits per heavy atom. The zero-order valence-corrected chi connectivity index (χ0v) is 13.4. The Hall–Kier alpha value is -0.650. The maximum atomic E-state index is 11.8. The molecule has 5 nitrogen and oxygen atoms in total. The zero-order chi connectivity index (χ0) is 15.2. The van der Waals surface area contributed by atoms with Gasteiger partial charge >= 0.3 is 5.97 Å². The molecule has 0 aromatic carbocycles. The Bertz CT molecular complexity index is 299. The van der Waals surface area contributed by atoms with Gasteiger partial charge in [-0.1, -0.05) is 0 Å². The van der Waals surface area contributed by atoms with Gasteiger partial charge in [-0.05, 0) is 59.0 Å². The minimum Gasteiger partial charge on any atom is -0.465 e. The molecule has 0 radical (unpaired) electrons. The van der Waals surface area contributed by atoms with Crippen molar-refractivity contribution in [2.24, 2.45) is 11.7 Å². The van der Waals surface area contributed by atoms with Gasteiger partial charge in [0.05, 0.1) is 6.61 Å². The lowest BCUT2D eigenvalue weighted by molar-refractivity contribution is -0.149. The molecule has 0 aliphatic carbocycles. The summed E-state index contributed by atoms with van der Waals surface area (Å²) in [7, 11) is 1.76. The summed E-state index contributed by atoms with van der Waals surface area (Å²) < 4.78 is 10.3. The van der Waals surface area contributed by atoms with Gasteiger partial charge < -0.3 is 20.1 Å². The first kappa shape index (κ1) is 17.4. The lowest BCUT2D eigenvalue weighted by Crippen LogP contribution is -2.52. The number of nitrogens with two attached hydrogens (primary N) is 1. The lowest BCUT2D eigenvalue weighted by atomic mass is 9.91. The predicted molar refractivity (Wildman–Crippen MR) is 79.5 cm³/mol. The number of esters is 1. The SMILES string of the molecule is CCOC(=O)C(C)(N)CC(C)N1CCC(COC)CC1. The minimum absolute atomic E-state index is 0.290. The smallest absolute Gasteiger partial charge is 0.325 e. The van der Waals surface area contributed by atoms with Crippen LogP contribution in [0.1, 0.15) is 40.0 Å². The summed E-state index contributed by atoms with van der Waals surface area (Å²) in [4.78, 5) is 14.3. The molecule has 0 bridgehead atoms. The van der Waals surface area contributed by atoms with Crippen LogP contribution in [0.4, 0.5) is 0 Å². The fourth-order valence-electron chi connectivity index (χ4n) is 2.92. The van der Waals surface area contributed by atoms with Crippen LogP contribution in [-0.4, -0.2) is 55.9 Å². The van der Waals surface area contributed by atoms with Gasteiger partial charge in [0.1, 0.15) is 5.54 Å². The van der Waals surface area contributed by atoms with Crippen molar-refractivity contribution in [1.82, 2.24) is 4.90 Å². The summed E-state index contributed by atoms with van der Waals surface area (Å²) in [5.41, 5.74) is 5.20. The second-order valence-electron chi connectivity index (χ2n) is 6.13. The fraction of sp³-hybridized carbons (Fsp3) is 0.933. The van der Waals surface area contributed by atoms with Gasteiger partial charge in [-0.25, -0.2) is 0 Å². The Labute approximate surface area is 122 Å². The lowest BCUT2D eigenvalue weighted by Gasteiger charge is -2.38. The highest BCUT2D eigenvalue weighted by Crippen LogP contribution is 2.22. The maximum Gasteiger partial charge on any atom is 0.325 e. The normalized spacial score (nSPS) is 22.2. The molecule has 1 aliphatic rings. The van der Waals surface area contributed by atoms with Gasteiger partial charge in [0.15, 0.2) is 0 Å². The van der Waals surface area contributed by atoms with Crippen LogP contribution in [-0.2, 0) is 14.3 Å². The average Bonchev–Trinajstić information content (AvgIpc) is 2.39. The number of hydrogen-bond acceptors (Lipinski definition) is 5. The van der Waals surface area contributed by atoms with Crippen LogP contribution in [0.25, 0.3) is 0 Å². The maximum absolute atomic E-state index is 11.8. The number of piperidine rings is 1. The average molecular weight is 286 g/mol. The second kappa shape index (κ2) is 7.96. The Kier molecular flexibility index (Phi) is 6.92. The highest BCUT2D eigenvalue weighted by molar-refractivity contribution is 5.80. The molecule has 2 N–H and O–H groups in total. The second-order valence-corrected chi connectivity index (χ2v) is 6.13. The molecular formula is C15H30N2O3. The van der Waals surface area contributed by atoms with Gasteiger partial charge in [0, 0.05) is 19.8 Å². The predicted octanol–water partition coefficient (Wildman–Crippen LogP) is 1.40. The van der Waals surface area contributed by atoms with Crippen molar-refractivity contribution < 1.29 is 14.3 Å². The number of ether oxygens (including phenoxy) is 2. The highest BCUT2D eigenvalue weighted by Gasteiger charge is 2.34. The van der Waals surface area contributed by atoms with Gasteiger partial charge in [-0.15, -0.1) is 0 Å². The quantitative estimate of drug-likeness (QED) is 0.717. The largest absolute Gasteiger partial charge is 0.465 e. The molecule has 2 atom stereocenters. The number of hydrogen-bond donors (Lipinski definition) is 1. The third kappa shape index (κ3) is 5.04. The van der Waals surface area contributed by atoms with Crippen molar-refractivity contribution in [3.05, 3.63) is 0 Å². The van der Waals surface area contributed by atoms with Crippen LogP contribution in [0.15, 0.2) is 0 Å². The van der Waals surface area contributed by atoms with Gasteiger partial charge in [-0.3, -0.25) is 4.79 Å². The Balaban J connectivity index is 2.43. The van der Waals surface area contributed by atoms with Crippen molar-refractivity contribution in [3.8, 4) is 0 Å². The first-order valence-electron chi connectivity index (χ1n) is 7.59. The Morgan fingerprint density at radius 3 is 2.55 bits per heavy atom. The van der Waals surface area contributed by atoms with E-state index in [0.29, 0.717) is 18.9 Å². The molecule has 0 aromatic heterocycles. The number of carbonyl (C=O) groups is 1. The molecule has 20 heavy (non-hydrogen) atoms. The number of carbonyl (C=O) groups excluding carboxylic acids is 1. The monoisotopic (exact) mass is 286 g/mol. The van der Waals surface area contributed by atoms with Crippen LogP contribution in [0, 0.1) is 5.92 Å². The number of rotatable bonds is 7. The minimum atomic E-state index is -0.904. The highest BCUT2D eigenvalue weighted by atomic mass is 16.5. The third-order valence-electron chi connectivity index (χ3n) is 4.14.